The molecule has 0 aromatic heterocycles. The summed E-state index contributed by atoms with van der Waals surface area (Å²) in [5.74, 6) is -1.64. The van der Waals surface area contributed by atoms with E-state index in [-0.39, 0.29) is 11.5 Å². The van der Waals surface area contributed by atoms with Crippen molar-refractivity contribution >= 4 is 40.8 Å². The molecule has 0 aliphatic heterocycles. The maximum atomic E-state index is 12.3. The van der Waals surface area contributed by atoms with Crippen molar-refractivity contribution in [3.8, 4) is 0 Å². The zero-order valence-electron chi connectivity index (χ0n) is 16.2. The molecule has 0 atom stereocenters. The van der Waals surface area contributed by atoms with Gasteiger partial charge in [0.1, 0.15) is 0 Å². The van der Waals surface area contributed by atoms with E-state index in [1.165, 1.54) is 39.2 Å². The van der Waals surface area contributed by atoms with Gasteiger partial charge in [-0.25, -0.2) is 4.79 Å². The van der Waals surface area contributed by atoms with Gasteiger partial charge in [-0.1, -0.05) is 6.07 Å². The molecule has 2 aromatic rings. The molecule has 8 heteroatoms. The maximum absolute atomic E-state index is 12.3. The highest BCUT2D eigenvalue weighted by Gasteiger charge is 2.09. The van der Waals surface area contributed by atoms with Gasteiger partial charge in [0.05, 0.1) is 12.7 Å². The SMILES string of the molecule is COC(=O)c1ccc(NC(=O)/C(C)=C/C(=O)Nc2cccc(NC(C)=O)c2)cc1. The van der Waals surface area contributed by atoms with E-state index < -0.39 is 17.8 Å². The summed E-state index contributed by atoms with van der Waals surface area (Å²) in [5.41, 5.74) is 2.04. The van der Waals surface area contributed by atoms with Crippen LogP contribution in [0.3, 0.4) is 0 Å². The molecule has 8 nitrogen and oxygen atoms in total. The first-order chi connectivity index (χ1) is 13.8. The Balaban J connectivity index is 1.98. The molecule has 0 spiro atoms. The Morgan fingerprint density at radius 2 is 1.45 bits per heavy atom. The molecule has 0 aliphatic carbocycles. The van der Waals surface area contributed by atoms with Gasteiger partial charge in [-0.3, -0.25) is 14.4 Å². The van der Waals surface area contributed by atoms with E-state index in [0.717, 1.165) is 0 Å². The second-order valence-electron chi connectivity index (χ2n) is 6.10. The van der Waals surface area contributed by atoms with Crippen molar-refractivity contribution in [2.45, 2.75) is 13.8 Å². The van der Waals surface area contributed by atoms with Crippen molar-refractivity contribution in [2.75, 3.05) is 23.1 Å². The van der Waals surface area contributed by atoms with Crippen LogP contribution in [0.4, 0.5) is 17.1 Å². The summed E-state index contributed by atoms with van der Waals surface area (Å²) in [5, 5.41) is 7.89. The van der Waals surface area contributed by atoms with E-state index in [0.29, 0.717) is 22.6 Å². The number of rotatable bonds is 6. The zero-order valence-corrected chi connectivity index (χ0v) is 16.2. The Morgan fingerprint density at radius 1 is 0.828 bits per heavy atom. The van der Waals surface area contributed by atoms with Crippen LogP contribution >= 0.6 is 0 Å². The van der Waals surface area contributed by atoms with Gasteiger partial charge in [0.25, 0.3) is 5.91 Å². The minimum absolute atomic E-state index is 0.192. The Labute approximate surface area is 167 Å². The molecule has 0 unspecified atom stereocenters. The van der Waals surface area contributed by atoms with E-state index in [9.17, 15) is 19.2 Å². The number of nitrogens with one attached hydrogen (secondary N) is 3. The van der Waals surface area contributed by atoms with Crippen LogP contribution < -0.4 is 16.0 Å². The number of hydrogen-bond acceptors (Lipinski definition) is 5. The molecule has 3 amide bonds. The van der Waals surface area contributed by atoms with Gasteiger partial charge >= 0.3 is 5.97 Å². The fourth-order valence-electron chi connectivity index (χ4n) is 2.36. The molecule has 0 heterocycles. The molecule has 0 radical (unpaired) electrons. The van der Waals surface area contributed by atoms with Crippen molar-refractivity contribution in [2.24, 2.45) is 0 Å². The lowest BCUT2D eigenvalue weighted by atomic mass is 10.2. The van der Waals surface area contributed by atoms with Gasteiger partial charge in [-0.15, -0.1) is 0 Å². The summed E-state index contributed by atoms with van der Waals surface area (Å²) in [6.45, 7) is 2.89. The molecule has 0 aliphatic rings. The summed E-state index contributed by atoms with van der Waals surface area (Å²) in [6, 6.07) is 12.8. The molecular weight excluding hydrogens is 374 g/mol. The van der Waals surface area contributed by atoms with E-state index in [2.05, 4.69) is 20.7 Å². The Kier molecular flexibility index (Phi) is 7.25. The topological polar surface area (TPSA) is 114 Å². The molecule has 0 saturated heterocycles. The Bertz CT molecular complexity index is 965. The first-order valence-corrected chi connectivity index (χ1v) is 8.65. The standard InChI is InChI=1S/C21H21N3O5/c1-13(20(27)24-16-9-7-15(8-10-16)21(28)29-3)11-19(26)23-18-6-4-5-17(12-18)22-14(2)25/h4-12H,1-3H3,(H,22,25)(H,23,26)(H,24,27)/b13-11+. The predicted octanol–water partition coefficient (Wildman–Crippen LogP) is 2.96. The third-order valence-electron chi connectivity index (χ3n) is 3.72. The third-order valence-corrected chi connectivity index (χ3v) is 3.72. The number of esters is 1. The number of amides is 3. The molecular formula is C21H21N3O5. The lowest BCUT2D eigenvalue weighted by molar-refractivity contribution is -0.114. The lowest BCUT2D eigenvalue weighted by Gasteiger charge is -2.08. The minimum atomic E-state index is -0.487. The third kappa shape index (κ3) is 6.62. The van der Waals surface area contributed by atoms with E-state index in [4.69, 9.17) is 0 Å². The maximum Gasteiger partial charge on any atom is 0.337 e. The monoisotopic (exact) mass is 395 g/mol. The van der Waals surface area contributed by atoms with Crippen molar-refractivity contribution in [1.29, 1.82) is 0 Å². The highest BCUT2D eigenvalue weighted by molar-refractivity contribution is 6.10. The quantitative estimate of drug-likeness (QED) is 0.514. The number of anilines is 3. The largest absolute Gasteiger partial charge is 0.465 e. The summed E-state index contributed by atoms with van der Waals surface area (Å²) in [4.78, 5) is 46.9. The number of carbonyl (C=O) groups is 4. The zero-order chi connectivity index (χ0) is 21.4. The van der Waals surface area contributed by atoms with E-state index in [1.54, 1.807) is 36.4 Å². The number of carbonyl (C=O) groups excluding carboxylic acids is 4. The van der Waals surface area contributed by atoms with Crippen molar-refractivity contribution < 1.29 is 23.9 Å². The predicted molar refractivity (Wildman–Crippen MR) is 110 cm³/mol. The number of hydrogen-bond donors (Lipinski definition) is 3. The molecule has 2 aromatic carbocycles. The first-order valence-electron chi connectivity index (χ1n) is 8.65. The highest BCUT2D eigenvalue weighted by atomic mass is 16.5. The highest BCUT2D eigenvalue weighted by Crippen LogP contribution is 2.15. The summed E-state index contributed by atoms with van der Waals surface area (Å²) in [6.07, 6.45) is 1.17. The fourth-order valence-corrected chi connectivity index (χ4v) is 2.36. The Morgan fingerprint density at radius 3 is 2.03 bits per heavy atom. The normalized spacial score (nSPS) is 10.7. The summed E-state index contributed by atoms with van der Waals surface area (Å²) >= 11 is 0. The van der Waals surface area contributed by atoms with Crippen LogP contribution in [0.2, 0.25) is 0 Å². The second-order valence-corrected chi connectivity index (χ2v) is 6.10. The van der Waals surface area contributed by atoms with Crippen LogP contribution in [-0.2, 0) is 19.1 Å². The first kappa shape index (κ1) is 21.4. The van der Waals surface area contributed by atoms with Crippen molar-refractivity contribution in [1.82, 2.24) is 0 Å². The molecule has 3 N–H and O–H groups in total. The van der Waals surface area contributed by atoms with Crippen molar-refractivity contribution in [3.05, 3.63) is 65.7 Å². The molecule has 0 saturated carbocycles. The van der Waals surface area contributed by atoms with Gasteiger partial charge in [0.15, 0.2) is 0 Å². The smallest absolute Gasteiger partial charge is 0.337 e. The average Bonchev–Trinajstić information content (AvgIpc) is 2.67. The molecule has 0 fully saturated rings. The Hall–Kier alpha value is -3.94. The van der Waals surface area contributed by atoms with Crippen LogP contribution in [0.1, 0.15) is 24.2 Å². The minimum Gasteiger partial charge on any atom is -0.465 e. The fraction of sp³-hybridized carbons (Fsp3) is 0.143. The number of ether oxygens (including phenoxy) is 1. The average molecular weight is 395 g/mol. The molecule has 150 valence electrons. The van der Waals surface area contributed by atoms with Crippen LogP contribution in [0, 0.1) is 0 Å². The summed E-state index contributed by atoms with van der Waals surface area (Å²) in [7, 11) is 1.29. The van der Waals surface area contributed by atoms with Crippen molar-refractivity contribution in [3.63, 3.8) is 0 Å². The van der Waals surface area contributed by atoms with Crippen LogP contribution in [0.25, 0.3) is 0 Å². The van der Waals surface area contributed by atoms with Gasteiger partial charge in [-0.05, 0) is 49.4 Å². The second kappa shape index (κ2) is 9.84. The van der Waals surface area contributed by atoms with Gasteiger partial charge in [0.2, 0.25) is 11.8 Å². The number of benzene rings is 2. The van der Waals surface area contributed by atoms with Gasteiger partial charge < -0.3 is 20.7 Å². The number of methoxy groups -OCH3 is 1. The van der Waals surface area contributed by atoms with E-state index >= 15 is 0 Å². The van der Waals surface area contributed by atoms with Crippen LogP contribution in [0.15, 0.2) is 60.2 Å². The lowest BCUT2D eigenvalue weighted by Crippen LogP contribution is -2.16. The van der Waals surface area contributed by atoms with Crippen LogP contribution in [0.5, 0.6) is 0 Å². The van der Waals surface area contributed by atoms with Gasteiger partial charge in [0, 0.05) is 35.6 Å². The molecule has 29 heavy (non-hydrogen) atoms. The van der Waals surface area contributed by atoms with Gasteiger partial charge in [-0.2, -0.15) is 0 Å². The molecule has 0 bridgehead atoms. The summed E-state index contributed by atoms with van der Waals surface area (Å²) < 4.78 is 4.61. The van der Waals surface area contributed by atoms with E-state index in [1.807, 2.05) is 0 Å². The van der Waals surface area contributed by atoms with Crippen LogP contribution in [-0.4, -0.2) is 30.8 Å². The molecule has 2 rings (SSSR count).